The lowest BCUT2D eigenvalue weighted by Gasteiger charge is -2.33. The maximum Gasteiger partial charge on any atom is 0.246 e. The summed E-state index contributed by atoms with van der Waals surface area (Å²) in [6, 6.07) is 6.24. The summed E-state index contributed by atoms with van der Waals surface area (Å²) >= 11 is 1.56. The molecule has 1 saturated heterocycles. The largest absolute Gasteiger partial charge is 0.334 e. The number of hydrogen-bond donors (Lipinski definition) is 0. The third kappa shape index (κ3) is 4.91. The molecule has 0 unspecified atom stereocenters. The van der Waals surface area contributed by atoms with E-state index in [1.165, 1.54) is 0 Å². The van der Waals surface area contributed by atoms with Crippen LogP contribution in [0.1, 0.15) is 17.7 Å². The number of amides is 1. The van der Waals surface area contributed by atoms with Crippen molar-refractivity contribution in [3.05, 3.63) is 64.9 Å². The number of carbonyl (C=O) groups is 1. The molecule has 0 N–H and O–H groups in total. The minimum Gasteiger partial charge on any atom is -0.334 e. The van der Waals surface area contributed by atoms with Crippen LogP contribution in [-0.4, -0.2) is 43.2 Å². The number of piperidine rings is 1. The van der Waals surface area contributed by atoms with Gasteiger partial charge >= 0.3 is 0 Å². The molecule has 1 aromatic carbocycles. The molecule has 3 rings (SSSR count). The first kappa shape index (κ1) is 21.6. The lowest BCUT2D eigenvalue weighted by Crippen LogP contribution is -2.44. The summed E-state index contributed by atoms with van der Waals surface area (Å²) in [5.74, 6) is -2.17. The molecule has 1 fully saturated rings. The number of thiophene rings is 1. The van der Waals surface area contributed by atoms with Gasteiger partial charge in [-0.15, -0.1) is 17.9 Å². The van der Waals surface area contributed by atoms with E-state index in [0.717, 1.165) is 21.3 Å². The molecule has 156 valence electrons. The van der Waals surface area contributed by atoms with Gasteiger partial charge in [0.2, 0.25) is 15.9 Å². The molecule has 1 aliphatic heterocycles. The van der Waals surface area contributed by atoms with Gasteiger partial charge in [0.15, 0.2) is 0 Å². The number of rotatable bonds is 7. The zero-order chi connectivity index (χ0) is 21.0. The van der Waals surface area contributed by atoms with Gasteiger partial charge in [0.25, 0.3) is 0 Å². The molecule has 0 saturated carbocycles. The second-order valence-electron chi connectivity index (χ2n) is 6.84. The number of nitrogens with zero attached hydrogens (tertiary/aromatic N) is 2. The van der Waals surface area contributed by atoms with E-state index in [2.05, 4.69) is 6.58 Å². The Morgan fingerprint density at radius 1 is 1.28 bits per heavy atom. The summed E-state index contributed by atoms with van der Waals surface area (Å²) in [5, 5.41) is 1.95. The van der Waals surface area contributed by atoms with Crippen LogP contribution in [0.3, 0.4) is 0 Å². The summed E-state index contributed by atoms with van der Waals surface area (Å²) in [7, 11) is -4.16. The van der Waals surface area contributed by atoms with Gasteiger partial charge in [-0.1, -0.05) is 12.1 Å². The van der Waals surface area contributed by atoms with Gasteiger partial charge < -0.3 is 4.90 Å². The fourth-order valence-corrected chi connectivity index (χ4v) is 5.66. The first-order valence-electron chi connectivity index (χ1n) is 9.20. The van der Waals surface area contributed by atoms with Crippen LogP contribution in [0.25, 0.3) is 0 Å². The van der Waals surface area contributed by atoms with Crippen molar-refractivity contribution in [2.45, 2.75) is 24.3 Å². The summed E-state index contributed by atoms with van der Waals surface area (Å²) in [6.07, 6.45) is 2.32. The average Bonchev–Trinajstić information content (AvgIpc) is 3.22. The molecule has 0 bridgehead atoms. The Morgan fingerprint density at radius 2 is 2.00 bits per heavy atom. The van der Waals surface area contributed by atoms with Crippen LogP contribution < -0.4 is 0 Å². The Morgan fingerprint density at radius 3 is 2.62 bits per heavy atom. The van der Waals surface area contributed by atoms with Crippen LogP contribution >= 0.6 is 11.3 Å². The molecule has 0 aliphatic carbocycles. The van der Waals surface area contributed by atoms with Crippen molar-refractivity contribution < 1.29 is 22.0 Å². The lowest BCUT2D eigenvalue weighted by atomic mass is 9.96. The summed E-state index contributed by atoms with van der Waals surface area (Å²) in [4.78, 5) is 15.0. The molecule has 1 aromatic heterocycles. The van der Waals surface area contributed by atoms with E-state index in [0.29, 0.717) is 32.0 Å². The number of benzene rings is 1. The van der Waals surface area contributed by atoms with Gasteiger partial charge in [0, 0.05) is 30.4 Å². The van der Waals surface area contributed by atoms with Crippen LogP contribution in [0.4, 0.5) is 8.78 Å². The zero-order valence-corrected chi connectivity index (χ0v) is 17.4. The van der Waals surface area contributed by atoms with Crippen LogP contribution in [0.15, 0.2) is 53.3 Å². The van der Waals surface area contributed by atoms with Crippen molar-refractivity contribution in [1.29, 1.82) is 0 Å². The first-order chi connectivity index (χ1) is 13.8. The molecule has 2 heterocycles. The smallest absolute Gasteiger partial charge is 0.246 e. The first-order valence-corrected chi connectivity index (χ1v) is 11.5. The van der Waals surface area contributed by atoms with Crippen molar-refractivity contribution in [3.63, 3.8) is 0 Å². The molecule has 0 atom stereocenters. The van der Waals surface area contributed by atoms with Crippen molar-refractivity contribution in [1.82, 2.24) is 9.21 Å². The van der Waals surface area contributed by atoms with Crippen LogP contribution in [0.2, 0.25) is 0 Å². The van der Waals surface area contributed by atoms with E-state index in [1.807, 2.05) is 17.5 Å². The third-order valence-corrected chi connectivity index (χ3v) is 7.68. The molecule has 0 radical (unpaired) electrons. The Kier molecular flexibility index (Phi) is 6.81. The number of halogens is 2. The standard InChI is InChI=1S/C20H22F2N2O3S2/c1-2-9-23(14-17-4-3-12-28-17)20(25)15-7-10-24(11-8-15)29(26,27)19-13-16(21)5-6-18(19)22/h2-6,12-13,15H,1,7-11,14H2. The molecule has 1 aliphatic rings. The van der Waals surface area contributed by atoms with E-state index in [4.69, 9.17) is 0 Å². The van der Waals surface area contributed by atoms with Gasteiger partial charge in [0.05, 0.1) is 6.54 Å². The monoisotopic (exact) mass is 440 g/mol. The molecule has 0 spiro atoms. The second-order valence-corrected chi connectivity index (χ2v) is 9.78. The van der Waals surface area contributed by atoms with Crippen molar-refractivity contribution in [2.24, 2.45) is 5.92 Å². The molecule has 5 nitrogen and oxygen atoms in total. The Bertz CT molecular complexity index is 970. The quantitative estimate of drug-likeness (QED) is 0.618. The highest BCUT2D eigenvalue weighted by atomic mass is 32.2. The van der Waals surface area contributed by atoms with Gasteiger partial charge in [-0.3, -0.25) is 4.79 Å². The van der Waals surface area contributed by atoms with E-state index < -0.39 is 26.6 Å². The highest BCUT2D eigenvalue weighted by Crippen LogP contribution is 2.27. The topological polar surface area (TPSA) is 57.7 Å². The highest BCUT2D eigenvalue weighted by molar-refractivity contribution is 7.89. The summed E-state index contributed by atoms with van der Waals surface area (Å²) in [5.41, 5.74) is 0. The van der Waals surface area contributed by atoms with E-state index in [1.54, 1.807) is 22.3 Å². The summed E-state index contributed by atoms with van der Waals surface area (Å²) in [6.45, 7) is 4.75. The lowest BCUT2D eigenvalue weighted by molar-refractivity contribution is -0.136. The van der Waals surface area contributed by atoms with Crippen molar-refractivity contribution >= 4 is 27.3 Å². The van der Waals surface area contributed by atoms with E-state index >= 15 is 0 Å². The van der Waals surface area contributed by atoms with E-state index in [-0.39, 0.29) is 24.9 Å². The normalized spacial score (nSPS) is 15.9. The number of hydrogen-bond acceptors (Lipinski definition) is 4. The Labute approximate surface area is 173 Å². The predicted octanol–water partition coefficient (Wildman–Crippen LogP) is 3.64. The highest BCUT2D eigenvalue weighted by Gasteiger charge is 2.35. The predicted molar refractivity (Wildman–Crippen MR) is 108 cm³/mol. The zero-order valence-electron chi connectivity index (χ0n) is 15.8. The maximum atomic E-state index is 14.0. The van der Waals surface area contributed by atoms with Crippen LogP contribution in [0.5, 0.6) is 0 Å². The maximum absolute atomic E-state index is 14.0. The average molecular weight is 441 g/mol. The Hall–Kier alpha value is -2.10. The Balaban J connectivity index is 1.68. The van der Waals surface area contributed by atoms with Crippen LogP contribution in [0, 0.1) is 17.6 Å². The molecule has 1 amide bonds. The van der Waals surface area contributed by atoms with E-state index in [9.17, 15) is 22.0 Å². The van der Waals surface area contributed by atoms with Gasteiger partial charge in [-0.2, -0.15) is 4.31 Å². The SMILES string of the molecule is C=CCN(Cc1cccs1)C(=O)C1CCN(S(=O)(=O)c2cc(F)ccc2F)CC1. The van der Waals surface area contributed by atoms with Gasteiger partial charge in [-0.05, 0) is 42.5 Å². The van der Waals surface area contributed by atoms with Crippen molar-refractivity contribution in [2.75, 3.05) is 19.6 Å². The summed E-state index contributed by atoms with van der Waals surface area (Å²) < 4.78 is 53.9. The molecule has 2 aromatic rings. The minimum atomic E-state index is -4.16. The molecular formula is C20H22F2N2O3S2. The van der Waals surface area contributed by atoms with Gasteiger partial charge in [-0.25, -0.2) is 17.2 Å². The number of carbonyl (C=O) groups excluding carboxylic acids is 1. The second kappa shape index (κ2) is 9.15. The van der Waals surface area contributed by atoms with Crippen LogP contribution in [-0.2, 0) is 21.4 Å². The van der Waals surface area contributed by atoms with Gasteiger partial charge in [0.1, 0.15) is 16.5 Å². The van der Waals surface area contributed by atoms with Crippen molar-refractivity contribution in [3.8, 4) is 0 Å². The minimum absolute atomic E-state index is 0.0488. The molecule has 9 heteroatoms. The fraction of sp³-hybridized carbons (Fsp3) is 0.350. The fourth-order valence-electron chi connectivity index (χ4n) is 3.39. The molecule has 29 heavy (non-hydrogen) atoms. The number of sulfonamides is 1. The molecular weight excluding hydrogens is 418 g/mol. The third-order valence-electron chi connectivity index (χ3n) is 4.90.